The predicted octanol–water partition coefficient (Wildman–Crippen LogP) is 4.86. The second-order valence-electron chi connectivity index (χ2n) is 9.88. The van der Waals surface area contributed by atoms with E-state index >= 15 is 0 Å². The number of methoxy groups -OCH3 is 1. The molecule has 3 heterocycles. The number of ether oxygens (including phenoxy) is 1. The van der Waals surface area contributed by atoms with Gasteiger partial charge in [0, 0.05) is 25.3 Å². The summed E-state index contributed by atoms with van der Waals surface area (Å²) < 4.78 is 7.08. The molecule has 7 nitrogen and oxygen atoms in total. The van der Waals surface area contributed by atoms with E-state index in [-0.39, 0.29) is 11.9 Å². The van der Waals surface area contributed by atoms with Crippen LogP contribution in [0.1, 0.15) is 46.2 Å². The van der Waals surface area contributed by atoms with Gasteiger partial charge in [-0.25, -0.2) is 4.98 Å². The van der Waals surface area contributed by atoms with Gasteiger partial charge in [-0.15, -0.1) is 0 Å². The minimum atomic E-state index is -0.611. The van der Waals surface area contributed by atoms with Crippen molar-refractivity contribution in [2.75, 3.05) is 20.2 Å². The Morgan fingerprint density at radius 1 is 0.974 bits per heavy atom. The summed E-state index contributed by atoms with van der Waals surface area (Å²) in [4.78, 5) is 25.0. The highest BCUT2D eigenvalue weighted by atomic mass is 16.5. The van der Waals surface area contributed by atoms with Crippen LogP contribution in [0.25, 0.3) is 16.8 Å². The van der Waals surface area contributed by atoms with Crippen LogP contribution >= 0.6 is 0 Å². The van der Waals surface area contributed by atoms with Crippen LogP contribution in [-0.4, -0.2) is 57.9 Å². The Bertz CT molecular complexity index is 1470. The van der Waals surface area contributed by atoms with Crippen molar-refractivity contribution >= 4 is 12.0 Å². The van der Waals surface area contributed by atoms with Crippen LogP contribution in [0.15, 0.2) is 84.1 Å². The number of rotatable bonds is 6. The Balaban J connectivity index is 1.24. The number of piperidine rings is 1. The van der Waals surface area contributed by atoms with E-state index in [1.165, 1.54) is 11.1 Å². The minimum Gasteiger partial charge on any atom is -0.497 e. The Morgan fingerprint density at radius 3 is 2.45 bits per heavy atom. The second kappa shape index (κ2) is 10.4. The van der Waals surface area contributed by atoms with Gasteiger partial charge in [0.15, 0.2) is 0 Å². The molecule has 3 aromatic carbocycles. The van der Waals surface area contributed by atoms with Crippen LogP contribution in [0.4, 0.5) is 0 Å². The van der Waals surface area contributed by atoms with Crippen molar-refractivity contribution < 1.29 is 14.6 Å². The fraction of sp³-hybridized carbons (Fsp3) is 0.258. The van der Waals surface area contributed by atoms with Crippen molar-refractivity contribution in [1.82, 2.24) is 14.5 Å². The summed E-state index contributed by atoms with van der Waals surface area (Å²) in [5.74, 6) is 0.682. The molecule has 192 valence electrons. The Kier molecular flexibility index (Phi) is 6.62. The van der Waals surface area contributed by atoms with E-state index in [1.54, 1.807) is 19.7 Å². The summed E-state index contributed by atoms with van der Waals surface area (Å²) in [5.41, 5.74) is 6.37. The smallest absolute Gasteiger partial charge is 0.210 e. The average molecular weight is 507 g/mol. The van der Waals surface area contributed by atoms with Crippen molar-refractivity contribution in [1.29, 1.82) is 0 Å². The van der Waals surface area contributed by atoms with Gasteiger partial charge in [-0.05, 0) is 59.4 Å². The number of hydrogen-bond donors (Lipinski definition) is 1. The van der Waals surface area contributed by atoms with Crippen LogP contribution in [0.5, 0.6) is 5.75 Å². The van der Waals surface area contributed by atoms with Gasteiger partial charge < -0.3 is 9.84 Å². The normalized spacial score (nSPS) is 17.9. The Morgan fingerprint density at radius 2 is 1.71 bits per heavy atom. The third-order valence-corrected chi connectivity index (χ3v) is 7.48. The van der Waals surface area contributed by atoms with Gasteiger partial charge in [0.2, 0.25) is 5.78 Å². The number of likely N-dealkylation sites (tertiary alicyclic amines) is 1. The molecule has 1 unspecified atom stereocenters. The lowest BCUT2D eigenvalue weighted by molar-refractivity contribution is 0.0793. The van der Waals surface area contributed by atoms with E-state index in [0.29, 0.717) is 11.4 Å². The third kappa shape index (κ3) is 4.66. The lowest BCUT2D eigenvalue weighted by Gasteiger charge is -2.30. The first-order valence-electron chi connectivity index (χ1n) is 13.0. The molecular weight excluding hydrogens is 476 g/mol. The highest BCUT2D eigenvalue weighted by Crippen LogP contribution is 2.32. The molecule has 1 N–H and O–H groups in total. The molecule has 1 atom stereocenters. The van der Waals surface area contributed by atoms with Gasteiger partial charge in [0.05, 0.1) is 19.4 Å². The molecule has 6 rings (SSSR count). The third-order valence-electron chi connectivity index (χ3n) is 7.48. The van der Waals surface area contributed by atoms with Crippen molar-refractivity contribution in [3.05, 3.63) is 102 Å². The molecule has 1 saturated heterocycles. The molecule has 1 fully saturated rings. The van der Waals surface area contributed by atoms with E-state index in [4.69, 9.17) is 4.74 Å². The number of carbonyl (C=O) groups is 1. The summed E-state index contributed by atoms with van der Waals surface area (Å²) in [6, 6.07) is 23.6. The summed E-state index contributed by atoms with van der Waals surface area (Å²) >= 11 is 0. The van der Waals surface area contributed by atoms with Crippen LogP contribution in [0.3, 0.4) is 0 Å². The molecule has 0 saturated carbocycles. The number of fused-ring (bicyclic) bond motifs is 1. The zero-order chi connectivity index (χ0) is 26.1. The molecule has 7 heteroatoms. The first-order valence-corrected chi connectivity index (χ1v) is 13.0. The molecule has 0 bridgehead atoms. The number of aliphatic hydroxyl groups excluding tert-OH is 1. The second-order valence-corrected chi connectivity index (χ2v) is 9.88. The van der Waals surface area contributed by atoms with E-state index < -0.39 is 6.04 Å². The van der Waals surface area contributed by atoms with E-state index in [2.05, 4.69) is 51.3 Å². The van der Waals surface area contributed by atoms with Crippen molar-refractivity contribution in [3.8, 4) is 22.6 Å². The fourth-order valence-electron chi connectivity index (χ4n) is 5.32. The monoisotopic (exact) mass is 506 g/mol. The zero-order valence-electron chi connectivity index (χ0n) is 21.3. The minimum absolute atomic E-state index is 0.0729. The first-order chi connectivity index (χ1) is 18.6. The van der Waals surface area contributed by atoms with E-state index in [9.17, 15) is 9.90 Å². The number of nitrogens with zero attached hydrogens (tertiary/aromatic N) is 4. The number of ketones is 1. The molecule has 4 aromatic rings. The molecule has 38 heavy (non-hydrogen) atoms. The largest absolute Gasteiger partial charge is 0.497 e. The summed E-state index contributed by atoms with van der Waals surface area (Å²) in [6.07, 6.45) is 4.84. The fourth-order valence-corrected chi connectivity index (χ4v) is 5.32. The summed E-state index contributed by atoms with van der Waals surface area (Å²) in [7, 11) is 1.63. The number of aliphatic imine (C=N–C) groups is 1. The predicted molar refractivity (Wildman–Crippen MR) is 147 cm³/mol. The number of aliphatic hydroxyl groups is 1. The van der Waals surface area contributed by atoms with Gasteiger partial charge >= 0.3 is 0 Å². The number of Topliss-reactive ketones (excluding diaryl/α,β-unsaturated/α-hetero) is 1. The van der Waals surface area contributed by atoms with E-state index in [1.807, 2.05) is 41.0 Å². The quantitative estimate of drug-likeness (QED) is 0.404. The molecule has 0 aliphatic carbocycles. The van der Waals surface area contributed by atoms with Crippen LogP contribution in [0.2, 0.25) is 0 Å². The van der Waals surface area contributed by atoms with Crippen LogP contribution < -0.4 is 4.74 Å². The van der Waals surface area contributed by atoms with Gasteiger partial charge in [0.1, 0.15) is 29.5 Å². The number of aromatic nitrogens is 2. The Labute approximate surface area is 222 Å². The molecule has 0 spiro atoms. The van der Waals surface area contributed by atoms with Gasteiger partial charge in [0.25, 0.3) is 0 Å². The van der Waals surface area contributed by atoms with Gasteiger partial charge in [-0.1, -0.05) is 48.5 Å². The molecule has 1 aromatic heterocycles. The van der Waals surface area contributed by atoms with Gasteiger partial charge in [-0.3, -0.25) is 19.3 Å². The maximum atomic E-state index is 13.6. The summed E-state index contributed by atoms with van der Waals surface area (Å²) in [5, 5.41) is 9.84. The van der Waals surface area contributed by atoms with Gasteiger partial charge in [-0.2, -0.15) is 0 Å². The SMILES string of the molecule is COc1ccc(-n2cnc3c2C(=O)C(c2ccc(-c4ccccc4CN4CCC(O)CC4)cc2)N=C3)cc1. The average Bonchev–Trinajstić information content (AvgIpc) is 3.40. The standard InChI is InChI=1S/C31H30N4O3/c1-38-26-12-10-24(11-13-26)35-20-33-28-18-32-29(31(37)30(28)35)22-8-6-21(7-9-22)27-5-3-2-4-23(27)19-34-16-14-25(36)15-17-34/h2-13,18,20,25,29,36H,14-17,19H2,1H3. The number of imidazole rings is 1. The summed E-state index contributed by atoms with van der Waals surface area (Å²) in [6.45, 7) is 2.67. The van der Waals surface area contributed by atoms with Crippen molar-refractivity contribution in [2.45, 2.75) is 31.5 Å². The highest BCUT2D eigenvalue weighted by Gasteiger charge is 2.31. The molecule has 0 amide bonds. The molecule has 2 aliphatic rings. The maximum absolute atomic E-state index is 13.6. The first kappa shape index (κ1) is 24.3. The van der Waals surface area contributed by atoms with Crippen LogP contribution in [-0.2, 0) is 6.54 Å². The Hall–Kier alpha value is -4.07. The number of benzene rings is 3. The number of carbonyl (C=O) groups excluding carboxylic acids is 1. The lowest BCUT2D eigenvalue weighted by Crippen LogP contribution is -2.35. The lowest BCUT2D eigenvalue weighted by atomic mass is 9.94. The topological polar surface area (TPSA) is 80.0 Å². The van der Waals surface area contributed by atoms with Crippen molar-refractivity contribution in [2.24, 2.45) is 4.99 Å². The van der Waals surface area contributed by atoms with Crippen LogP contribution in [0, 0.1) is 0 Å². The highest BCUT2D eigenvalue weighted by molar-refractivity contribution is 6.08. The number of hydrogen-bond acceptors (Lipinski definition) is 6. The van der Waals surface area contributed by atoms with E-state index in [0.717, 1.165) is 55.0 Å². The van der Waals surface area contributed by atoms with Crippen molar-refractivity contribution in [3.63, 3.8) is 0 Å². The maximum Gasteiger partial charge on any atom is 0.210 e. The molecule has 2 aliphatic heterocycles. The molecular formula is C31H30N4O3. The molecule has 0 radical (unpaired) electrons. The zero-order valence-corrected chi connectivity index (χ0v) is 21.3.